The van der Waals surface area contributed by atoms with Gasteiger partial charge in [0.25, 0.3) is 0 Å². The molecule has 2 heteroatoms. The van der Waals surface area contributed by atoms with Crippen LogP contribution in [-0.4, -0.2) is 9.13 Å². The summed E-state index contributed by atoms with van der Waals surface area (Å²) in [5.74, 6) is 0. The SMILES string of the molecule is Cn1c2ccccc2c2cccc(-c3cccc4c(-c5cccc6c5-c5ccccc5C65c6ccccc6-c6c5c5ccccc5c5ccccc65)c5cccc(-c6cccc7c8ccccc8n(C)c67)c5cc34)c21. The molecular formula is C73H46N2. The summed E-state index contributed by atoms with van der Waals surface area (Å²) < 4.78 is 4.80. The number of hydrogen-bond donors (Lipinski definition) is 0. The molecular weight excluding hydrogens is 905 g/mol. The highest BCUT2D eigenvalue weighted by molar-refractivity contribution is 6.25. The molecule has 0 amide bonds. The van der Waals surface area contributed by atoms with Gasteiger partial charge in [0.15, 0.2) is 0 Å². The van der Waals surface area contributed by atoms with Crippen LogP contribution in [0.4, 0.5) is 0 Å². The quantitative estimate of drug-likeness (QED) is 0.123. The summed E-state index contributed by atoms with van der Waals surface area (Å²) in [6, 6.07) is 92.2. The second kappa shape index (κ2) is 14.8. The van der Waals surface area contributed by atoms with E-state index in [1.165, 1.54) is 165 Å². The van der Waals surface area contributed by atoms with Crippen LogP contribution < -0.4 is 0 Å². The molecule has 0 bridgehead atoms. The van der Waals surface area contributed by atoms with Crippen LogP contribution in [-0.2, 0) is 19.5 Å². The van der Waals surface area contributed by atoms with Gasteiger partial charge in [-0.3, -0.25) is 0 Å². The van der Waals surface area contributed by atoms with Crippen LogP contribution in [0.25, 0.3) is 142 Å². The normalized spacial score (nSPS) is 14.6. The van der Waals surface area contributed by atoms with Gasteiger partial charge in [-0.05, 0) is 128 Å². The highest BCUT2D eigenvalue weighted by Crippen LogP contribution is 2.67. The lowest BCUT2D eigenvalue weighted by Crippen LogP contribution is -2.26. The Kier molecular flexibility index (Phi) is 8.10. The van der Waals surface area contributed by atoms with Crippen LogP contribution in [0.1, 0.15) is 22.3 Å². The van der Waals surface area contributed by atoms with Crippen molar-refractivity contribution >= 4 is 86.7 Å². The minimum atomic E-state index is -0.567. The zero-order chi connectivity index (χ0) is 49.3. The molecule has 1 spiro atoms. The molecule has 2 heterocycles. The number of rotatable bonds is 3. The average molecular weight is 951 g/mol. The topological polar surface area (TPSA) is 9.86 Å². The van der Waals surface area contributed by atoms with Crippen molar-refractivity contribution in [1.82, 2.24) is 9.13 Å². The molecule has 0 fully saturated rings. The zero-order valence-corrected chi connectivity index (χ0v) is 41.5. The van der Waals surface area contributed by atoms with E-state index >= 15 is 0 Å². The van der Waals surface area contributed by atoms with Gasteiger partial charge in [0.05, 0.1) is 16.4 Å². The number of para-hydroxylation sites is 4. The fraction of sp³-hybridized carbons (Fsp3) is 0.0411. The van der Waals surface area contributed by atoms with Crippen molar-refractivity contribution in [2.24, 2.45) is 14.1 Å². The largest absolute Gasteiger partial charge is 0.343 e. The van der Waals surface area contributed by atoms with Gasteiger partial charge in [0.2, 0.25) is 0 Å². The molecule has 13 aromatic carbocycles. The molecule has 0 radical (unpaired) electrons. The third-order valence-corrected chi connectivity index (χ3v) is 17.7. The maximum atomic E-state index is 2.53. The lowest BCUT2D eigenvalue weighted by molar-refractivity contribution is 0.802. The van der Waals surface area contributed by atoms with Crippen LogP contribution >= 0.6 is 0 Å². The van der Waals surface area contributed by atoms with Crippen LogP contribution in [0.5, 0.6) is 0 Å². The summed E-state index contributed by atoms with van der Waals surface area (Å²) in [4.78, 5) is 0. The van der Waals surface area contributed by atoms with Crippen LogP contribution in [0.15, 0.2) is 243 Å². The Bertz CT molecular complexity index is 4860. The summed E-state index contributed by atoms with van der Waals surface area (Å²) in [6.45, 7) is 0. The van der Waals surface area contributed by atoms with Gasteiger partial charge in [-0.1, -0.05) is 224 Å². The van der Waals surface area contributed by atoms with Crippen LogP contribution in [0, 0.1) is 0 Å². The summed E-state index contributed by atoms with van der Waals surface area (Å²) in [7, 11) is 4.46. The van der Waals surface area contributed by atoms with E-state index in [0.29, 0.717) is 0 Å². The van der Waals surface area contributed by atoms with Gasteiger partial charge in [0, 0.05) is 57.8 Å². The minimum Gasteiger partial charge on any atom is -0.343 e. The van der Waals surface area contributed by atoms with Gasteiger partial charge in [-0.2, -0.15) is 0 Å². The molecule has 17 rings (SSSR count). The van der Waals surface area contributed by atoms with Crippen molar-refractivity contribution < 1.29 is 0 Å². The van der Waals surface area contributed by atoms with Crippen molar-refractivity contribution in [2.45, 2.75) is 5.41 Å². The Morgan fingerprint density at radius 3 is 1.17 bits per heavy atom. The highest BCUT2D eigenvalue weighted by atomic mass is 14.9. The van der Waals surface area contributed by atoms with E-state index < -0.39 is 5.41 Å². The van der Waals surface area contributed by atoms with E-state index in [4.69, 9.17) is 0 Å². The molecule has 2 aliphatic rings. The van der Waals surface area contributed by atoms with E-state index in [-0.39, 0.29) is 0 Å². The fourth-order valence-corrected chi connectivity index (χ4v) is 14.9. The number of hydrogen-bond acceptors (Lipinski definition) is 0. The molecule has 2 aromatic heterocycles. The van der Waals surface area contributed by atoms with Gasteiger partial charge in [-0.25, -0.2) is 0 Å². The van der Waals surface area contributed by atoms with E-state index in [9.17, 15) is 0 Å². The molecule has 2 aliphatic carbocycles. The maximum absolute atomic E-state index is 2.53. The van der Waals surface area contributed by atoms with Crippen molar-refractivity contribution in [3.8, 4) is 55.6 Å². The first-order chi connectivity index (χ1) is 37.1. The molecule has 2 nitrogen and oxygen atoms in total. The minimum absolute atomic E-state index is 0.567. The zero-order valence-electron chi connectivity index (χ0n) is 41.5. The fourth-order valence-electron chi connectivity index (χ4n) is 14.9. The van der Waals surface area contributed by atoms with Gasteiger partial charge in [0.1, 0.15) is 0 Å². The molecule has 0 saturated heterocycles. The highest BCUT2D eigenvalue weighted by Gasteiger charge is 2.53. The Balaban J connectivity index is 1.04. The average Bonchev–Trinajstić information content (AvgIpc) is 4.37. The lowest BCUT2D eigenvalue weighted by atomic mass is 9.69. The lowest BCUT2D eigenvalue weighted by Gasteiger charge is -2.32. The van der Waals surface area contributed by atoms with Gasteiger partial charge < -0.3 is 9.13 Å². The Hall–Kier alpha value is -9.50. The van der Waals surface area contributed by atoms with Crippen LogP contribution in [0.3, 0.4) is 0 Å². The summed E-state index contributed by atoms with van der Waals surface area (Å²) in [5, 5.41) is 15.3. The third kappa shape index (κ3) is 5.09. The smallest absolute Gasteiger partial charge is 0.0731 e. The Morgan fingerprint density at radius 1 is 0.240 bits per heavy atom. The van der Waals surface area contributed by atoms with Gasteiger partial charge in [-0.15, -0.1) is 0 Å². The first kappa shape index (κ1) is 41.0. The van der Waals surface area contributed by atoms with Crippen molar-refractivity contribution in [3.63, 3.8) is 0 Å². The molecule has 1 atom stereocenters. The predicted octanol–water partition coefficient (Wildman–Crippen LogP) is 18.9. The second-order valence-electron chi connectivity index (χ2n) is 21.0. The second-order valence-corrected chi connectivity index (χ2v) is 21.0. The predicted molar refractivity (Wildman–Crippen MR) is 317 cm³/mol. The summed E-state index contributed by atoms with van der Waals surface area (Å²) in [6.07, 6.45) is 0. The van der Waals surface area contributed by atoms with Crippen molar-refractivity contribution in [1.29, 1.82) is 0 Å². The molecule has 0 aliphatic heterocycles. The molecule has 15 aromatic rings. The number of aromatic nitrogens is 2. The van der Waals surface area contributed by atoms with Crippen molar-refractivity contribution in [3.05, 3.63) is 265 Å². The standard InChI is InChI=1S/C73H46N2/c1-74-65-40-13-9-22-47(65)55-34-17-32-53(71(55)74)45-28-15-30-50-60(45)42-61-46(54-33-18-35-56-48-23-10-14-41-66(48)75(2)72(54)56)29-16-31-51(61)67(50)59-36-19-39-64-68(59)57-26-7-11-37-62(57)73(64)63-38-12-8-27-58(63)69-49-24-5-3-20-43(49)44-21-4-6-25-52(44)70(69)73/h3-42H,1-2H3. The first-order valence-electron chi connectivity index (χ1n) is 26.3. The van der Waals surface area contributed by atoms with Crippen LogP contribution in [0.2, 0.25) is 0 Å². The van der Waals surface area contributed by atoms with Crippen molar-refractivity contribution in [2.75, 3.05) is 0 Å². The first-order valence-corrected chi connectivity index (χ1v) is 26.3. The third-order valence-electron chi connectivity index (χ3n) is 17.7. The number of aryl methyl sites for hydroxylation is 2. The maximum Gasteiger partial charge on any atom is 0.0731 e. The van der Waals surface area contributed by atoms with E-state index in [2.05, 4.69) is 266 Å². The number of benzene rings is 13. The summed E-state index contributed by atoms with van der Waals surface area (Å²) in [5.41, 5.74) is 22.5. The van der Waals surface area contributed by atoms with Gasteiger partial charge >= 0.3 is 0 Å². The monoisotopic (exact) mass is 950 g/mol. The molecule has 1 unspecified atom stereocenters. The van der Waals surface area contributed by atoms with E-state index in [1.54, 1.807) is 0 Å². The molecule has 0 saturated carbocycles. The van der Waals surface area contributed by atoms with E-state index in [0.717, 1.165) is 0 Å². The Morgan fingerprint density at radius 2 is 0.600 bits per heavy atom. The molecule has 75 heavy (non-hydrogen) atoms. The number of nitrogens with zero attached hydrogens (tertiary/aromatic N) is 2. The Labute approximate surface area is 433 Å². The molecule has 0 N–H and O–H groups in total. The van der Waals surface area contributed by atoms with E-state index in [1.807, 2.05) is 0 Å². The number of fused-ring (bicyclic) bond motifs is 23. The molecule has 348 valence electrons. The summed E-state index contributed by atoms with van der Waals surface area (Å²) >= 11 is 0.